The number of methoxy groups -OCH3 is 1. The van der Waals surface area contributed by atoms with E-state index in [-0.39, 0.29) is 6.16 Å². The molecule has 0 aliphatic heterocycles. The van der Waals surface area contributed by atoms with E-state index >= 15 is 0 Å². The molecule has 0 saturated heterocycles. The van der Waals surface area contributed by atoms with Gasteiger partial charge < -0.3 is 24.4 Å². The van der Waals surface area contributed by atoms with Crippen molar-refractivity contribution < 1.29 is 27.9 Å². The van der Waals surface area contributed by atoms with Gasteiger partial charge in [0, 0.05) is 11.4 Å². The summed E-state index contributed by atoms with van der Waals surface area (Å²) < 4.78 is 27.8. The molecule has 0 aliphatic rings. The van der Waals surface area contributed by atoms with Crippen LogP contribution in [0.5, 0.6) is 0 Å². The Bertz CT molecular complexity index is 875. The van der Waals surface area contributed by atoms with Crippen molar-refractivity contribution in [2.24, 2.45) is 0 Å². The smallest absolute Gasteiger partial charge is 0.337 e. The predicted octanol–water partition coefficient (Wildman–Crippen LogP) is 4.88. The van der Waals surface area contributed by atoms with Crippen molar-refractivity contribution in [2.45, 2.75) is 20.0 Å². The fourth-order valence-corrected chi connectivity index (χ4v) is 4.28. The molecule has 2 N–H and O–H groups in total. The van der Waals surface area contributed by atoms with Crippen molar-refractivity contribution in [3.05, 3.63) is 59.7 Å². The van der Waals surface area contributed by atoms with Crippen LogP contribution in [0.4, 0.5) is 16.2 Å². The average molecular weight is 420 g/mol. The fourth-order valence-electron chi connectivity index (χ4n) is 2.57. The first kappa shape index (κ1) is 22.6. The second-order valence-electron chi connectivity index (χ2n) is 5.95. The van der Waals surface area contributed by atoms with Crippen molar-refractivity contribution >= 4 is 31.0 Å². The molecule has 0 aliphatic carbocycles. The van der Waals surface area contributed by atoms with Crippen molar-refractivity contribution in [2.75, 3.05) is 31.0 Å². The molecule has 29 heavy (non-hydrogen) atoms. The van der Waals surface area contributed by atoms with Crippen molar-refractivity contribution in [3.63, 3.8) is 0 Å². The van der Waals surface area contributed by atoms with E-state index in [2.05, 4.69) is 15.4 Å². The van der Waals surface area contributed by atoms with Gasteiger partial charge in [0.2, 0.25) is 0 Å². The number of amides is 2. The van der Waals surface area contributed by atoms with Crippen LogP contribution in [0, 0.1) is 0 Å². The standard InChI is InChI=1S/C20H25N2O6P/c1-4-27-29(25,28-5-2)14-15-9-11-17(12-10-15)21-20(24)22-18-8-6-7-16(13-18)19(23)26-3/h6-13H,4-5,14H2,1-3H3,(H2,21,22,24). The van der Waals surface area contributed by atoms with Gasteiger partial charge in [-0.2, -0.15) is 0 Å². The predicted molar refractivity (Wildman–Crippen MR) is 111 cm³/mol. The van der Waals surface area contributed by atoms with E-state index in [1.54, 1.807) is 56.3 Å². The topological polar surface area (TPSA) is 103 Å². The highest BCUT2D eigenvalue weighted by Gasteiger charge is 2.23. The summed E-state index contributed by atoms with van der Waals surface area (Å²) in [6, 6.07) is 12.8. The van der Waals surface area contributed by atoms with Crippen molar-refractivity contribution in [1.82, 2.24) is 0 Å². The van der Waals surface area contributed by atoms with Gasteiger partial charge in [-0.25, -0.2) is 9.59 Å². The van der Waals surface area contributed by atoms with Crippen LogP contribution in [0.25, 0.3) is 0 Å². The lowest BCUT2D eigenvalue weighted by atomic mass is 10.2. The SMILES string of the molecule is CCOP(=O)(Cc1ccc(NC(=O)Nc2cccc(C(=O)OC)c2)cc1)OCC. The van der Waals surface area contributed by atoms with E-state index in [0.29, 0.717) is 30.2 Å². The van der Waals surface area contributed by atoms with Crippen LogP contribution in [0.1, 0.15) is 29.8 Å². The number of rotatable bonds is 9. The maximum atomic E-state index is 12.6. The summed E-state index contributed by atoms with van der Waals surface area (Å²) >= 11 is 0. The molecule has 0 atom stereocenters. The second kappa shape index (κ2) is 10.8. The number of benzene rings is 2. The number of nitrogens with one attached hydrogen (secondary N) is 2. The van der Waals surface area contributed by atoms with Crippen LogP contribution in [0.2, 0.25) is 0 Å². The Morgan fingerprint density at radius 3 is 2.14 bits per heavy atom. The van der Waals surface area contributed by atoms with Gasteiger partial charge >= 0.3 is 19.6 Å². The van der Waals surface area contributed by atoms with Crippen LogP contribution in [0.15, 0.2) is 48.5 Å². The maximum Gasteiger partial charge on any atom is 0.337 e. The van der Waals surface area contributed by atoms with E-state index < -0.39 is 19.6 Å². The third kappa shape index (κ3) is 7.02. The Morgan fingerprint density at radius 2 is 1.55 bits per heavy atom. The third-order valence-corrected chi connectivity index (χ3v) is 5.84. The van der Waals surface area contributed by atoms with Gasteiger partial charge in [0.1, 0.15) is 0 Å². The van der Waals surface area contributed by atoms with E-state index in [4.69, 9.17) is 9.05 Å². The molecule has 2 amide bonds. The molecule has 8 nitrogen and oxygen atoms in total. The van der Waals surface area contributed by atoms with Crippen LogP contribution < -0.4 is 10.6 Å². The molecule has 2 aromatic carbocycles. The van der Waals surface area contributed by atoms with E-state index in [1.807, 2.05) is 0 Å². The summed E-state index contributed by atoms with van der Waals surface area (Å²) in [7, 11) is -1.89. The van der Waals surface area contributed by atoms with Crippen molar-refractivity contribution in [3.8, 4) is 0 Å². The molecule has 2 rings (SSSR count). The van der Waals surface area contributed by atoms with Gasteiger partial charge in [-0.05, 0) is 49.7 Å². The Morgan fingerprint density at radius 1 is 0.931 bits per heavy atom. The quantitative estimate of drug-likeness (QED) is 0.443. The van der Waals surface area contributed by atoms with Gasteiger partial charge in [0.15, 0.2) is 0 Å². The molecular formula is C20H25N2O6P. The second-order valence-corrected chi connectivity index (χ2v) is 8.01. The summed E-state index contributed by atoms with van der Waals surface area (Å²) in [5.41, 5.74) is 2.11. The number of esters is 1. The lowest BCUT2D eigenvalue weighted by molar-refractivity contribution is 0.0600. The summed E-state index contributed by atoms with van der Waals surface area (Å²) in [6.45, 7) is 4.12. The lowest BCUT2D eigenvalue weighted by Gasteiger charge is -2.17. The maximum absolute atomic E-state index is 12.6. The van der Waals surface area contributed by atoms with Gasteiger partial charge in [0.05, 0.1) is 32.0 Å². The molecular weight excluding hydrogens is 395 g/mol. The van der Waals surface area contributed by atoms with Crippen LogP contribution >= 0.6 is 7.60 Å². The molecule has 0 radical (unpaired) electrons. The molecule has 0 bridgehead atoms. The Kier molecular flexibility index (Phi) is 8.39. The first-order valence-corrected chi connectivity index (χ1v) is 10.9. The summed E-state index contributed by atoms with van der Waals surface area (Å²) in [5.74, 6) is -0.485. The molecule has 0 spiro atoms. The number of hydrogen-bond acceptors (Lipinski definition) is 6. The van der Waals surface area contributed by atoms with Gasteiger partial charge in [-0.15, -0.1) is 0 Å². The first-order valence-electron chi connectivity index (χ1n) is 9.12. The van der Waals surface area contributed by atoms with Gasteiger partial charge in [-0.1, -0.05) is 18.2 Å². The van der Waals surface area contributed by atoms with Gasteiger partial charge in [0.25, 0.3) is 0 Å². The average Bonchev–Trinajstić information content (AvgIpc) is 2.69. The van der Waals surface area contributed by atoms with Crippen LogP contribution in [0.3, 0.4) is 0 Å². The molecule has 0 saturated carbocycles. The summed E-state index contributed by atoms with van der Waals surface area (Å²) in [6.07, 6.45) is 0.154. The lowest BCUT2D eigenvalue weighted by Crippen LogP contribution is -2.19. The summed E-state index contributed by atoms with van der Waals surface area (Å²) in [4.78, 5) is 23.8. The molecule has 0 heterocycles. The highest BCUT2D eigenvalue weighted by molar-refractivity contribution is 7.53. The van der Waals surface area contributed by atoms with E-state index in [9.17, 15) is 14.2 Å². The highest BCUT2D eigenvalue weighted by Crippen LogP contribution is 2.51. The minimum atomic E-state index is -3.18. The minimum absolute atomic E-state index is 0.154. The molecule has 156 valence electrons. The number of carbonyl (C=O) groups is 2. The van der Waals surface area contributed by atoms with Crippen LogP contribution in [-0.4, -0.2) is 32.3 Å². The molecule has 2 aromatic rings. The van der Waals surface area contributed by atoms with Gasteiger partial charge in [-0.3, -0.25) is 4.57 Å². The zero-order chi connectivity index (χ0) is 21.3. The molecule has 0 aromatic heterocycles. The zero-order valence-corrected chi connectivity index (χ0v) is 17.5. The Hall–Kier alpha value is -2.67. The zero-order valence-electron chi connectivity index (χ0n) is 16.6. The largest absolute Gasteiger partial charge is 0.465 e. The molecule has 0 fully saturated rings. The fraction of sp³-hybridized carbons (Fsp3) is 0.300. The number of carbonyl (C=O) groups excluding carboxylic acids is 2. The highest BCUT2D eigenvalue weighted by atomic mass is 31.2. The number of urea groups is 1. The Balaban J connectivity index is 1.98. The number of anilines is 2. The molecule has 0 unspecified atom stereocenters. The van der Waals surface area contributed by atoms with Crippen molar-refractivity contribution in [1.29, 1.82) is 0 Å². The third-order valence-electron chi connectivity index (χ3n) is 3.78. The van der Waals surface area contributed by atoms with E-state index in [1.165, 1.54) is 13.2 Å². The minimum Gasteiger partial charge on any atom is -0.465 e. The number of ether oxygens (including phenoxy) is 1. The molecule has 9 heteroatoms. The summed E-state index contributed by atoms with van der Waals surface area (Å²) in [5, 5.41) is 5.35. The van der Waals surface area contributed by atoms with E-state index in [0.717, 1.165) is 5.56 Å². The number of hydrogen-bond donors (Lipinski definition) is 2. The van der Waals surface area contributed by atoms with Crippen LogP contribution in [-0.2, 0) is 24.5 Å². The Labute approximate surface area is 170 Å². The monoisotopic (exact) mass is 420 g/mol. The first-order chi connectivity index (χ1) is 13.9. The normalized spacial score (nSPS) is 11.0.